The molecule has 0 unspecified atom stereocenters. The summed E-state index contributed by atoms with van der Waals surface area (Å²) in [4.78, 5) is 25.5. The Morgan fingerprint density at radius 1 is 0.839 bits per heavy atom. The van der Waals surface area contributed by atoms with Crippen LogP contribution in [-0.4, -0.2) is 33.1 Å². The van der Waals surface area contributed by atoms with Crippen LogP contribution in [0.4, 0.5) is 0 Å². The lowest BCUT2D eigenvalue weighted by molar-refractivity contribution is 0.406. The van der Waals surface area contributed by atoms with Gasteiger partial charge in [-0.1, -0.05) is 18.2 Å². The van der Waals surface area contributed by atoms with Crippen molar-refractivity contribution in [2.24, 2.45) is 14.1 Å². The Morgan fingerprint density at radius 2 is 1.48 bits per heavy atom. The molecule has 0 amide bonds. The van der Waals surface area contributed by atoms with Crippen LogP contribution in [0.15, 0.2) is 58.1 Å². The minimum atomic E-state index is -0.464. The highest BCUT2D eigenvalue weighted by molar-refractivity contribution is 5.80. The molecule has 0 saturated carbocycles. The molecule has 160 valence electrons. The summed E-state index contributed by atoms with van der Waals surface area (Å²) in [6, 6.07) is 14.5. The van der Waals surface area contributed by atoms with Gasteiger partial charge < -0.3 is 14.2 Å². The lowest BCUT2D eigenvalue weighted by Crippen LogP contribution is -2.37. The fourth-order valence-corrected chi connectivity index (χ4v) is 3.41. The van der Waals surface area contributed by atoms with E-state index in [1.54, 1.807) is 50.2 Å². The SMILES string of the molecule is COc1cccc(Cn2nc(Oc3cccc(OC)c3)c3c2c(=O)n(C)c(=O)n3C)c1. The van der Waals surface area contributed by atoms with Crippen molar-refractivity contribution in [3.8, 4) is 23.1 Å². The summed E-state index contributed by atoms with van der Waals surface area (Å²) in [5.74, 6) is 1.94. The molecule has 0 N–H and O–H groups in total. The summed E-state index contributed by atoms with van der Waals surface area (Å²) in [6.07, 6.45) is 0. The van der Waals surface area contributed by atoms with E-state index >= 15 is 0 Å². The molecule has 4 rings (SSSR count). The molecule has 0 aliphatic carbocycles. The van der Waals surface area contributed by atoms with E-state index in [0.29, 0.717) is 29.3 Å². The van der Waals surface area contributed by atoms with Crippen molar-refractivity contribution < 1.29 is 14.2 Å². The van der Waals surface area contributed by atoms with Gasteiger partial charge in [-0.25, -0.2) is 9.48 Å². The molecule has 9 heteroatoms. The zero-order valence-corrected chi connectivity index (χ0v) is 17.7. The number of aromatic nitrogens is 4. The summed E-state index contributed by atoms with van der Waals surface area (Å²) >= 11 is 0. The minimum Gasteiger partial charge on any atom is -0.497 e. The Balaban J connectivity index is 1.90. The maximum absolute atomic E-state index is 13.0. The van der Waals surface area contributed by atoms with Crippen molar-refractivity contribution in [3.05, 3.63) is 74.9 Å². The number of ether oxygens (including phenoxy) is 3. The van der Waals surface area contributed by atoms with Crippen LogP contribution < -0.4 is 25.5 Å². The van der Waals surface area contributed by atoms with Gasteiger partial charge in [-0.2, -0.15) is 0 Å². The molecule has 0 spiro atoms. The molecule has 2 aromatic carbocycles. The Kier molecular flexibility index (Phi) is 5.24. The van der Waals surface area contributed by atoms with E-state index in [0.717, 1.165) is 10.1 Å². The predicted molar refractivity (Wildman–Crippen MR) is 115 cm³/mol. The standard InChI is InChI=1S/C22H22N4O5/c1-24-18-19(21(27)25(2)22(24)28)26(13-14-7-5-8-15(11-14)29-3)23-20(18)31-17-10-6-9-16(12-17)30-4/h5-12H,13H2,1-4H3. The van der Waals surface area contributed by atoms with E-state index < -0.39 is 11.2 Å². The van der Waals surface area contributed by atoms with Crippen molar-refractivity contribution in [3.63, 3.8) is 0 Å². The third kappa shape index (κ3) is 3.65. The van der Waals surface area contributed by atoms with Crippen LogP contribution >= 0.6 is 0 Å². The number of fused-ring (bicyclic) bond motifs is 1. The van der Waals surface area contributed by atoms with Gasteiger partial charge in [0.15, 0.2) is 5.52 Å². The van der Waals surface area contributed by atoms with E-state index in [1.807, 2.05) is 24.3 Å². The Hall–Kier alpha value is -4.01. The number of aryl methyl sites for hydroxylation is 1. The fraction of sp³-hybridized carbons (Fsp3) is 0.227. The molecule has 0 radical (unpaired) electrons. The second-order valence-corrected chi connectivity index (χ2v) is 7.00. The van der Waals surface area contributed by atoms with Gasteiger partial charge in [-0.3, -0.25) is 13.9 Å². The van der Waals surface area contributed by atoms with Crippen molar-refractivity contribution in [1.82, 2.24) is 18.9 Å². The molecule has 0 aliphatic heterocycles. The summed E-state index contributed by atoms with van der Waals surface area (Å²) in [6.45, 7) is 0.294. The summed E-state index contributed by atoms with van der Waals surface area (Å²) in [7, 11) is 6.18. The van der Waals surface area contributed by atoms with Crippen LogP contribution in [0.2, 0.25) is 0 Å². The molecule has 0 aliphatic rings. The Labute approximate surface area is 177 Å². The summed E-state index contributed by atoms with van der Waals surface area (Å²) in [5, 5.41) is 4.53. The maximum atomic E-state index is 13.0. The average Bonchev–Trinajstić information content (AvgIpc) is 3.13. The molecule has 2 aromatic heterocycles. The van der Waals surface area contributed by atoms with Gasteiger partial charge in [0.25, 0.3) is 11.4 Å². The fourth-order valence-electron chi connectivity index (χ4n) is 3.41. The number of nitrogens with zero attached hydrogens (tertiary/aromatic N) is 4. The molecule has 31 heavy (non-hydrogen) atoms. The quantitative estimate of drug-likeness (QED) is 0.474. The van der Waals surface area contributed by atoms with E-state index in [9.17, 15) is 9.59 Å². The first-order valence-corrected chi connectivity index (χ1v) is 9.54. The van der Waals surface area contributed by atoms with E-state index in [1.165, 1.54) is 11.6 Å². The van der Waals surface area contributed by atoms with E-state index in [-0.39, 0.29) is 11.4 Å². The molecule has 4 aromatic rings. The zero-order valence-electron chi connectivity index (χ0n) is 17.7. The number of benzene rings is 2. The number of rotatable bonds is 6. The first kappa shape index (κ1) is 20.3. The van der Waals surface area contributed by atoms with Gasteiger partial charge in [-0.15, -0.1) is 5.10 Å². The number of hydrogen-bond donors (Lipinski definition) is 0. The highest BCUT2D eigenvalue weighted by atomic mass is 16.5. The van der Waals surface area contributed by atoms with Gasteiger partial charge in [0.2, 0.25) is 0 Å². The van der Waals surface area contributed by atoms with Crippen molar-refractivity contribution in [2.45, 2.75) is 6.54 Å². The van der Waals surface area contributed by atoms with E-state index in [2.05, 4.69) is 5.10 Å². The van der Waals surface area contributed by atoms with Crippen LogP contribution in [0.3, 0.4) is 0 Å². The molecular weight excluding hydrogens is 400 g/mol. The third-order valence-electron chi connectivity index (χ3n) is 5.04. The van der Waals surface area contributed by atoms with Crippen molar-refractivity contribution >= 4 is 11.0 Å². The van der Waals surface area contributed by atoms with Crippen molar-refractivity contribution in [1.29, 1.82) is 0 Å². The maximum Gasteiger partial charge on any atom is 0.331 e. The second kappa shape index (κ2) is 8.02. The summed E-state index contributed by atoms with van der Waals surface area (Å²) < 4.78 is 20.5. The molecule has 0 saturated heterocycles. The average molecular weight is 422 g/mol. The van der Waals surface area contributed by atoms with Gasteiger partial charge in [0, 0.05) is 20.2 Å². The van der Waals surface area contributed by atoms with Crippen LogP contribution in [0.1, 0.15) is 5.56 Å². The van der Waals surface area contributed by atoms with Gasteiger partial charge in [0.05, 0.1) is 20.8 Å². The topological polar surface area (TPSA) is 89.5 Å². The minimum absolute atomic E-state index is 0.156. The van der Waals surface area contributed by atoms with Crippen LogP contribution in [0.25, 0.3) is 11.0 Å². The van der Waals surface area contributed by atoms with Crippen LogP contribution in [0, 0.1) is 0 Å². The van der Waals surface area contributed by atoms with Crippen LogP contribution in [0.5, 0.6) is 23.1 Å². The molecular formula is C22H22N4O5. The zero-order chi connectivity index (χ0) is 22.1. The molecule has 0 atom stereocenters. The molecule has 0 fully saturated rings. The second-order valence-electron chi connectivity index (χ2n) is 7.00. The highest BCUT2D eigenvalue weighted by Crippen LogP contribution is 2.29. The lowest BCUT2D eigenvalue weighted by atomic mass is 10.2. The highest BCUT2D eigenvalue weighted by Gasteiger charge is 2.21. The summed E-state index contributed by atoms with van der Waals surface area (Å²) in [5.41, 5.74) is 0.555. The largest absolute Gasteiger partial charge is 0.497 e. The smallest absolute Gasteiger partial charge is 0.331 e. The van der Waals surface area contributed by atoms with Crippen LogP contribution in [-0.2, 0) is 20.6 Å². The Bertz CT molecular complexity index is 1380. The normalized spacial score (nSPS) is 11.0. The first-order chi connectivity index (χ1) is 14.9. The van der Waals surface area contributed by atoms with E-state index in [4.69, 9.17) is 14.2 Å². The van der Waals surface area contributed by atoms with Gasteiger partial charge in [0.1, 0.15) is 22.8 Å². The Morgan fingerprint density at radius 3 is 2.19 bits per heavy atom. The third-order valence-corrected chi connectivity index (χ3v) is 5.04. The first-order valence-electron chi connectivity index (χ1n) is 9.54. The monoisotopic (exact) mass is 422 g/mol. The number of hydrogen-bond acceptors (Lipinski definition) is 6. The lowest BCUT2D eigenvalue weighted by Gasteiger charge is -2.08. The molecule has 0 bridgehead atoms. The molecule has 2 heterocycles. The van der Waals surface area contributed by atoms with Gasteiger partial charge in [-0.05, 0) is 29.8 Å². The predicted octanol–water partition coefficient (Wildman–Crippen LogP) is 2.29. The molecule has 9 nitrogen and oxygen atoms in total. The van der Waals surface area contributed by atoms with Crippen molar-refractivity contribution in [2.75, 3.05) is 14.2 Å². The van der Waals surface area contributed by atoms with Gasteiger partial charge >= 0.3 is 5.69 Å². The number of methoxy groups -OCH3 is 2.